The van der Waals surface area contributed by atoms with Gasteiger partial charge in [-0.25, -0.2) is 9.67 Å². The van der Waals surface area contributed by atoms with Crippen LogP contribution in [0.5, 0.6) is 0 Å². The number of ether oxygens (including phenoxy) is 1. The summed E-state index contributed by atoms with van der Waals surface area (Å²) in [5.41, 5.74) is 0.0764. The summed E-state index contributed by atoms with van der Waals surface area (Å²) in [7, 11) is 0. The van der Waals surface area contributed by atoms with Crippen LogP contribution in [0.1, 0.15) is 58.7 Å². The van der Waals surface area contributed by atoms with Crippen LogP contribution in [0.4, 0.5) is 0 Å². The number of hydrogen-bond acceptors (Lipinski definition) is 4. The fourth-order valence-electron chi connectivity index (χ4n) is 3.00. The lowest BCUT2D eigenvalue weighted by Crippen LogP contribution is -2.46. The van der Waals surface area contributed by atoms with Crippen LogP contribution in [-0.4, -0.2) is 33.0 Å². The van der Waals surface area contributed by atoms with Crippen molar-refractivity contribution in [3.8, 4) is 0 Å². The number of nitrogens with one attached hydrogen (secondary N) is 1. The Morgan fingerprint density at radius 1 is 1.40 bits per heavy atom. The van der Waals surface area contributed by atoms with Gasteiger partial charge in [0.05, 0.1) is 12.1 Å². The van der Waals surface area contributed by atoms with Gasteiger partial charge in [-0.1, -0.05) is 20.8 Å². The molecule has 1 fully saturated rings. The first-order valence-electron chi connectivity index (χ1n) is 7.97. The molecule has 0 radical (unpaired) electrons. The van der Waals surface area contributed by atoms with Gasteiger partial charge in [0.1, 0.15) is 12.2 Å². The minimum Gasteiger partial charge on any atom is -0.375 e. The second-order valence-electron chi connectivity index (χ2n) is 5.71. The van der Waals surface area contributed by atoms with Crippen molar-refractivity contribution in [2.75, 3.05) is 6.61 Å². The van der Waals surface area contributed by atoms with E-state index in [1.54, 1.807) is 6.33 Å². The SMILES string of the molecule is CCCn1ncnc1CNC1CCOC(CC)(CC)C1. The van der Waals surface area contributed by atoms with Crippen molar-refractivity contribution < 1.29 is 4.74 Å². The molecule has 1 saturated heterocycles. The predicted molar refractivity (Wildman–Crippen MR) is 79.4 cm³/mol. The van der Waals surface area contributed by atoms with Crippen molar-refractivity contribution in [2.24, 2.45) is 0 Å². The molecular weight excluding hydrogens is 252 g/mol. The second-order valence-corrected chi connectivity index (χ2v) is 5.71. The Hall–Kier alpha value is -0.940. The van der Waals surface area contributed by atoms with Crippen molar-refractivity contribution in [2.45, 2.75) is 77.6 Å². The summed E-state index contributed by atoms with van der Waals surface area (Å²) in [5, 5.41) is 7.91. The number of nitrogens with zero attached hydrogens (tertiary/aromatic N) is 3. The van der Waals surface area contributed by atoms with E-state index in [2.05, 4.69) is 36.2 Å². The Morgan fingerprint density at radius 2 is 2.20 bits per heavy atom. The topological polar surface area (TPSA) is 52.0 Å². The smallest absolute Gasteiger partial charge is 0.140 e. The van der Waals surface area contributed by atoms with Crippen molar-refractivity contribution in [3.63, 3.8) is 0 Å². The van der Waals surface area contributed by atoms with Gasteiger partial charge in [-0.2, -0.15) is 5.10 Å². The Balaban J connectivity index is 1.88. The highest BCUT2D eigenvalue weighted by Crippen LogP contribution is 2.31. The molecule has 1 aliphatic rings. The van der Waals surface area contributed by atoms with Gasteiger partial charge < -0.3 is 10.1 Å². The molecule has 0 spiro atoms. The molecule has 20 heavy (non-hydrogen) atoms. The summed E-state index contributed by atoms with van der Waals surface area (Å²) in [6.45, 7) is 9.22. The lowest BCUT2D eigenvalue weighted by molar-refractivity contribution is -0.0932. The quantitative estimate of drug-likeness (QED) is 0.834. The molecule has 114 valence electrons. The third-order valence-electron chi connectivity index (χ3n) is 4.46. The van der Waals surface area contributed by atoms with Crippen LogP contribution in [0.3, 0.4) is 0 Å². The number of hydrogen-bond donors (Lipinski definition) is 1. The summed E-state index contributed by atoms with van der Waals surface area (Å²) >= 11 is 0. The van der Waals surface area contributed by atoms with Gasteiger partial charge in [-0.15, -0.1) is 0 Å². The zero-order chi connectivity index (χ0) is 14.4. The van der Waals surface area contributed by atoms with Crippen LogP contribution in [0, 0.1) is 0 Å². The highest BCUT2D eigenvalue weighted by atomic mass is 16.5. The van der Waals surface area contributed by atoms with E-state index in [1.807, 2.05) is 4.68 Å². The zero-order valence-electron chi connectivity index (χ0n) is 13.1. The van der Waals surface area contributed by atoms with E-state index < -0.39 is 0 Å². The first-order chi connectivity index (χ1) is 9.73. The van der Waals surface area contributed by atoms with Crippen molar-refractivity contribution in [1.29, 1.82) is 0 Å². The van der Waals surface area contributed by atoms with E-state index in [1.165, 1.54) is 0 Å². The van der Waals surface area contributed by atoms with Gasteiger partial charge in [0.2, 0.25) is 0 Å². The average Bonchev–Trinajstić information content (AvgIpc) is 2.93. The van der Waals surface area contributed by atoms with E-state index in [0.717, 1.165) is 57.6 Å². The molecule has 1 aliphatic heterocycles. The zero-order valence-corrected chi connectivity index (χ0v) is 13.1. The maximum absolute atomic E-state index is 6.02. The van der Waals surface area contributed by atoms with Gasteiger partial charge in [0, 0.05) is 19.2 Å². The van der Waals surface area contributed by atoms with Gasteiger partial charge in [0.25, 0.3) is 0 Å². The summed E-state index contributed by atoms with van der Waals surface area (Å²) in [4.78, 5) is 4.35. The number of rotatable bonds is 7. The molecule has 2 rings (SSSR count). The van der Waals surface area contributed by atoms with Crippen LogP contribution in [0.2, 0.25) is 0 Å². The van der Waals surface area contributed by atoms with Crippen LogP contribution in [0.25, 0.3) is 0 Å². The molecule has 0 aromatic carbocycles. The molecule has 1 unspecified atom stereocenters. The fourth-order valence-corrected chi connectivity index (χ4v) is 3.00. The Labute approximate surface area is 122 Å². The third kappa shape index (κ3) is 3.58. The van der Waals surface area contributed by atoms with Crippen molar-refractivity contribution in [1.82, 2.24) is 20.1 Å². The Morgan fingerprint density at radius 3 is 2.90 bits per heavy atom. The molecule has 5 heteroatoms. The molecule has 1 N–H and O–H groups in total. The van der Waals surface area contributed by atoms with Crippen LogP contribution in [-0.2, 0) is 17.8 Å². The van der Waals surface area contributed by atoms with Gasteiger partial charge in [-0.05, 0) is 32.1 Å². The summed E-state index contributed by atoms with van der Waals surface area (Å²) in [6.07, 6.45) is 7.11. The lowest BCUT2D eigenvalue weighted by Gasteiger charge is -2.40. The fraction of sp³-hybridized carbons (Fsp3) is 0.867. The van der Waals surface area contributed by atoms with Gasteiger partial charge in [-0.3, -0.25) is 0 Å². The lowest BCUT2D eigenvalue weighted by atomic mass is 9.86. The first-order valence-corrected chi connectivity index (χ1v) is 7.97. The molecule has 5 nitrogen and oxygen atoms in total. The van der Waals surface area contributed by atoms with E-state index in [0.29, 0.717) is 6.04 Å². The minimum atomic E-state index is 0.0764. The van der Waals surface area contributed by atoms with Gasteiger partial charge in [0.15, 0.2) is 0 Å². The molecule has 1 aromatic rings. The van der Waals surface area contributed by atoms with Crippen LogP contribution >= 0.6 is 0 Å². The van der Waals surface area contributed by atoms with Crippen LogP contribution in [0.15, 0.2) is 6.33 Å². The van der Waals surface area contributed by atoms with Crippen molar-refractivity contribution >= 4 is 0 Å². The first kappa shape index (κ1) is 15.4. The predicted octanol–water partition coefficient (Wildman–Crippen LogP) is 2.52. The highest BCUT2D eigenvalue weighted by molar-refractivity contribution is 4.90. The van der Waals surface area contributed by atoms with E-state index in [9.17, 15) is 0 Å². The summed E-state index contributed by atoms with van der Waals surface area (Å²) < 4.78 is 8.02. The van der Waals surface area contributed by atoms with E-state index in [-0.39, 0.29) is 5.60 Å². The molecule has 0 amide bonds. The summed E-state index contributed by atoms with van der Waals surface area (Å²) in [6, 6.07) is 0.524. The highest BCUT2D eigenvalue weighted by Gasteiger charge is 2.34. The van der Waals surface area contributed by atoms with E-state index in [4.69, 9.17) is 4.74 Å². The normalized spacial score (nSPS) is 22.1. The molecular formula is C15H28N4O. The summed E-state index contributed by atoms with van der Waals surface area (Å²) in [5.74, 6) is 1.04. The number of aromatic nitrogens is 3. The Bertz CT molecular complexity index is 400. The molecule has 0 saturated carbocycles. The minimum absolute atomic E-state index is 0.0764. The van der Waals surface area contributed by atoms with Gasteiger partial charge >= 0.3 is 0 Å². The Kier molecular flexibility index (Phi) is 5.54. The number of aryl methyl sites for hydroxylation is 1. The second kappa shape index (κ2) is 7.18. The maximum atomic E-state index is 6.02. The molecule has 2 heterocycles. The van der Waals surface area contributed by atoms with Crippen LogP contribution < -0.4 is 5.32 Å². The maximum Gasteiger partial charge on any atom is 0.140 e. The molecule has 1 aromatic heterocycles. The average molecular weight is 280 g/mol. The van der Waals surface area contributed by atoms with E-state index >= 15 is 0 Å². The molecule has 0 aliphatic carbocycles. The standard InChI is InChI=1S/C15H28N4O/c1-4-8-19-14(17-12-18-19)11-16-13-7-9-20-15(5-2,6-3)10-13/h12-13,16H,4-11H2,1-3H3. The van der Waals surface area contributed by atoms with Crippen molar-refractivity contribution in [3.05, 3.63) is 12.2 Å². The largest absolute Gasteiger partial charge is 0.375 e. The third-order valence-corrected chi connectivity index (χ3v) is 4.46. The molecule has 0 bridgehead atoms. The molecule has 1 atom stereocenters. The monoisotopic (exact) mass is 280 g/mol.